The second-order valence-corrected chi connectivity index (χ2v) is 21.6. The molecular weight excluding hydrogens is 973 g/mol. The summed E-state index contributed by atoms with van der Waals surface area (Å²) in [6, 6.07) is 0. The van der Waals surface area contributed by atoms with Crippen LogP contribution in [0.3, 0.4) is 0 Å². The Labute approximate surface area is 488 Å². The zero-order valence-electron chi connectivity index (χ0n) is 51.6. The third-order valence-electron chi connectivity index (χ3n) is 14.0. The Morgan fingerprint density at radius 1 is 0.278 bits per heavy atom. The monoisotopic (exact) mass is 1090 g/mol. The van der Waals surface area contributed by atoms with E-state index in [9.17, 15) is 14.4 Å². The van der Waals surface area contributed by atoms with Gasteiger partial charge >= 0.3 is 17.9 Å². The minimum atomic E-state index is -0.835. The number of allylic oxidation sites excluding steroid dienone is 19. The van der Waals surface area contributed by atoms with Crippen LogP contribution in [-0.2, 0) is 28.6 Å². The first-order valence-corrected chi connectivity index (χ1v) is 33.0. The van der Waals surface area contributed by atoms with E-state index in [0.29, 0.717) is 6.42 Å². The largest absolute Gasteiger partial charge is 0.462 e. The summed E-state index contributed by atoms with van der Waals surface area (Å²) in [6.45, 7) is 6.32. The summed E-state index contributed by atoms with van der Waals surface area (Å²) in [7, 11) is 0. The number of rotatable bonds is 59. The summed E-state index contributed by atoms with van der Waals surface area (Å²) in [4.78, 5) is 38.2. The summed E-state index contributed by atoms with van der Waals surface area (Å²) in [5, 5.41) is 0. The Morgan fingerprint density at radius 2 is 0.544 bits per heavy atom. The third kappa shape index (κ3) is 64.5. The van der Waals surface area contributed by atoms with Gasteiger partial charge in [0.15, 0.2) is 6.10 Å². The maximum Gasteiger partial charge on any atom is 0.309 e. The molecule has 0 aliphatic carbocycles. The van der Waals surface area contributed by atoms with Crippen molar-refractivity contribution in [3.05, 3.63) is 122 Å². The highest BCUT2D eigenvalue weighted by atomic mass is 16.6. The van der Waals surface area contributed by atoms with Crippen LogP contribution in [0.4, 0.5) is 0 Å². The first-order valence-electron chi connectivity index (χ1n) is 33.0. The molecule has 0 bridgehead atoms. The van der Waals surface area contributed by atoms with E-state index in [2.05, 4.69) is 130 Å². The molecule has 0 fully saturated rings. The van der Waals surface area contributed by atoms with Gasteiger partial charge in [-0.15, -0.1) is 0 Å². The standard InChI is InChI=1S/C73H122O6/c1-4-7-10-13-16-19-22-25-28-30-31-32-33-34-35-36-37-38-39-40-41-43-45-48-51-54-57-60-63-66-72(75)78-69-70(68-77-71(74)65-62-59-56-53-50-47-44-27-24-21-18-15-12-9-6-3)79-73(76)67-64-61-58-55-52-49-46-42-29-26-23-20-17-14-11-8-5-2/h8-9,11-12,17-18,20-21,26-27,29-31,44,46,49-50,53,59,62,70H,4-7,10,13-16,19,22-25,28,32-43,45,47-48,51-52,54-58,60-61,63-69H2,1-3H3/b11-8-,12-9-,20-17-,21-18-,29-26-,31-30-,44-27-,49-46-,53-50-,62-59-. The molecule has 450 valence electrons. The lowest BCUT2D eigenvalue weighted by atomic mass is 10.0. The number of esters is 3. The van der Waals surface area contributed by atoms with E-state index in [0.717, 1.165) is 109 Å². The Kier molecular flexibility index (Phi) is 62.8. The highest BCUT2D eigenvalue weighted by Gasteiger charge is 2.19. The molecule has 1 unspecified atom stereocenters. The molecule has 0 heterocycles. The van der Waals surface area contributed by atoms with E-state index < -0.39 is 12.1 Å². The van der Waals surface area contributed by atoms with Gasteiger partial charge in [-0.25, -0.2) is 0 Å². The molecule has 0 N–H and O–H groups in total. The fraction of sp³-hybridized carbons (Fsp3) is 0.685. The minimum absolute atomic E-state index is 0.118. The lowest BCUT2D eigenvalue weighted by molar-refractivity contribution is -0.166. The van der Waals surface area contributed by atoms with Crippen LogP contribution < -0.4 is 0 Å². The van der Waals surface area contributed by atoms with Crippen LogP contribution in [0.2, 0.25) is 0 Å². The molecule has 6 nitrogen and oxygen atoms in total. The number of hydrogen-bond acceptors (Lipinski definition) is 6. The first kappa shape index (κ1) is 74.8. The number of ether oxygens (including phenoxy) is 3. The van der Waals surface area contributed by atoms with Gasteiger partial charge in [-0.2, -0.15) is 0 Å². The maximum atomic E-state index is 12.9. The SMILES string of the molecule is CC/C=C\C/C=C\C/C=C\C/C=C\C/C=C\CC(=O)OCC(COC(=O)CCCCCCCCCCCCCCCCCCC/C=C\CCCCCCCCCC)OC(=O)CCCCCC/C=C\C/C=C\C/C=C\C/C=C\CC. The van der Waals surface area contributed by atoms with Crippen molar-refractivity contribution >= 4 is 17.9 Å². The number of carbonyl (C=O) groups excluding carboxylic acids is 3. The molecule has 6 heteroatoms. The first-order chi connectivity index (χ1) is 39.0. The average Bonchev–Trinajstić information content (AvgIpc) is 3.45. The molecule has 0 spiro atoms. The second-order valence-electron chi connectivity index (χ2n) is 21.6. The van der Waals surface area contributed by atoms with Crippen molar-refractivity contribution in [3.63, 3.8) is 0 Å². The van der Waals surface area contributed by atoms with Gasteiger partial charge in [0.25, 0.3) is 0 Å². The maximum absolute atomic E-state index is 12.9. The number of hydrogen-bond donors (Lipinski definition) is 0. The van der Waals surface area contributed by atoms with Crippen LogP contribution in [0, 0.1) is 0 Å². The Balaban J connectivity index is 4.33. The Morgan fingerprint density at radius 3 is 0.899 bits per heavy atom. The van der Waals surface area contributed by atoms with E-state index in [-0.39, 0.29) is 38.0 Å². The summed E-state index contributed by atoms with van der Waals surface area (Å²) < 4.78 is 16.8. The molecule has 79 heavy (non-hydrogen) atoms. The zero-order valence-corrected chi connectivity index (χ0v) is 51.6. The summed E-state index contributed by atoms with van der Waals surface area (Å²) in [5.74, 6) is -1.07. The van der Waals surface area contributed by atoms with Crippen LogP contribution >= 0.6 is 0 Å². The van der Waals surface area contributed by atoms with Crippen molar-refractivity contribution in [2.75, 3.05) is 13.2 Å². The minimum Gasteiger partial charge on any atom is -0.462 e. The molecule has 1 atom stereocenters. The van der Waals surface area contributed by atoms with Crippen LogP contribution in [-0.4, -0.2) is 37.2 Å². The van der Waals surface area contributed by atoms with Crippen molar-refractivity contribution in [2.24, 2.45) is 0 Å². The predicted molar refractivity (Wildman–Crippen MR) is 343 cm³/mol. The normalized spacial score (nSPS) is 12.9. The number of carbonyl (C=O) groups is 3. The molecular formula is C73H122O6. The van der Waals surface area contributed by atoms with Crippen LogP contribution in [0.25, 0.3) is 0 Å². The second kappa shape index (κ2) is 66.3. The van der Waals surface area contributed by atoms with Gasteiger partial charge in [0, 0.05) is 12.8 Å². The van der Waals surface area contributed by atoms with E-state index in [1.54, 1.807) is 6.08 Å². The Bertz CT molecular complexity index is 1640. The van der Waals surface area contributed by atoms with Crippen molar-refractivity contribution < 1.29 is 28.6 Å². The summed E-state index contributed by atoms with van der Waals surface area (Å²) >= 11 is 0. The molecule has 0 saturated carbocycles. The highest BCUT2D eigenvalue weighted by Crippen LogP contribution is 2.16. The van der Waals surface area contributed by atoms with Gasteiger partial charge in [-0.3, -0.25) is 14.4 Å². The van der Waals surface area contributed by atoms with Gasteiger partial charge in [0.2, 0.25) is 0 Å². The van der Waals surface area contributed by atoms with Gasteiger partial charge in [-0.1, -0.05) is 296 Å². The van der Waals surface area contributed by atoms with Crippen molar-refractivity contribution in [2.45, 2.75) is 309 Å². The Hall–Kier alpha value is -4.19. The van der Waals surface area contributed by atoms with Gasteiger partial charge < -0.3 is 14.2 Å². The van der Waals surface area contributed by atoms with E-state index in [4.69, 9.17) is 14.2 Å². The third-order valence-corrected chi connectivity index (χ3v) is 14.0. The average molecular weight is 1100 g/mol. The van der Waals surface area contributed by atoms with E-state index in [1.165, 1.54) is 154 Å². The van der Waals surface area contributed by atoms with E-state index >= 15 is 0 Å². The zero-order chi connectivity index (χ0) is 57.1. The molecule has 0 aliphatic heterocycles. The van der Waals surface area contributed by atoms with Crippen LogP contribution in [0.5, 0.6) is 0 Å². The molecule has 0 aromatic carbocycles. The lowest BCUT2D eigenvalue weighted by Gasteiger charge is -2.18. The fourth-order valence-electron chi connectivity index (χ4n) is 9.09. The van der Waals surface area contributed by atoms with Gasteiger partial charge in [0.1, 0.15) is 13.2 Å². The van der Waals surface area contributed by atoms with Crippen LogP contribution in [0.1, 0.15) is 303 Å². The molecule has 0 amide bonds. The summed E-state index contributed by atoms with van der Waals surface area (Å²) in [5.41, 5.74) is 0. The van der Waals surface area contributed by atoms with Gasteiger partial charge in [-0.05, 0) is 109 Å². The molecule has 0 radical (unpaired) electrons. The molecule has 0 rings (SSSR count). The fourth-order valence-corrected chi connectivity index (χ4v) is 9.09. The highest BCUT2D eigenvalue weighted by molar-refractivity contribution is 5.72. The molecule has 0 aromatic rings. The van der Waals surface area contributed by atoms with Crippen LogP contribution in [0.15, 0.2) is 122 Å². The van der Waals surface area contributed by atoms with Crippen molar-refractivity contribution in [1.29, 1.82) is 0 Å². The predicted octanol–water partition coefficient (Wildman–Crippen LogP) is 22.8. The van der Waals surface area contributed by atoms with Crippen molar-refractivity contribution in [1.82, 2.24) is 0 Å². The van der Waals surface area contributed by atoms with Gasteiger partial charge in [0.05, 0.1) is 6.42 Å². The quantitative estimate of drug-likeness (QED) is 0.0261. The summed E-state index contributed by atoms with van der Waals surface area (Å²) in [6.07, 6.45) is 92.5. The number of unbranched alkanes of at least 4 members (excludes halogenated alkanes) is 29. The smallest absolute Gasteiger partial charge is 0.309 e. The molecule has 0 aromatic heterocycles. The van der Waals surface area contributed by atoms with Crippen molar-refractivity contribution in [3.8, 4) is 0 Å². The molecule has 0 saturated heterocycles. The molecule has 0 aliphatic rings. The van der Waals surface area contributed by atoms with E-state index in [1.807, 2.05) is 6.08 Å². The topological polar surface area (TPSA) is 78.9 Å². The lowest BCUT2D eigenvalue weighted by Crippen LogP contribution is -2.30.